The molecular formula is C21H26N2O2S2. The van der Waals surface area contributed by atoms with E-state index in [0.29, 0.717) is 11.4 Å². The van der Waals surface area contributed by atoms with E-state index in [4.69, 9.17) is 17.0 Å². The van der Waals surface area contributed by atoms with Gasteiger partial charge in [0.25, 0.3) is 0 Å². The second kappa shape index (κ2) is 10.3. The van der Waals surface area contributed by atoms with Crippen LogP contribution in [0.5, 0.6) is 5.75 Å². The molecule has 0 aliphatic carbocycles. The van der Waals surface area contributed by atoms with Gasteiger partial charge in [-0.05, 0) is 44.0 Å². The number of thiocarbonyl (C=S) groups is 1. The van der Waals surface area contributed by atoms with E-state index in [1.54, 1.807) is 7.11 Å². The Bertz CT molecular complexity index is 777. The summed E-state index contributed by atoms with van der Waals surface area (Å²) in [6, 6.07) is 15.4. The highest BCUT2D eigenvalue weighted by Gasteiger charge is 2.25. The zero-order valence-electron chi connectivity index (χ0n) is 16.2. The van der Waals surface area contributed by atoms with E-state index >= 15 is 0 Å². The zero-order valence-corrected chi connectivity index (χ0v) is 17.8. The molecule has 0 heterocycles. The molecular weight excluding hydrogens is 376 g/mol. The third-order valence-corrected chi connectivity index (χ3v) is 5.92. The fourth-order valence-corrected chi connectivity index (χ4v) is 4.29. The molecule has 0 fully saturated rings. The Morgan fingerprint density at radius 2 is 1.85 bits per heavy atom. The van der Waals surface area contributed by atoms with Crippen LogP contribution < -0.4 is 10.1 Å². The first-order valence-corrected chi connectivity index (χ1v) is 10.2. The minimum atomic E-state index is -0.440. The van der Waals surface area contributed by atoms with E-state index in [1.807, 2.05) is 55.5 Å². The summed E-state index contributed by atoms with van der Waals surface area (Å²) >= 11 is 6.99. The molecule has 0 saturated carbocycles. The highest BCUT2D eigenvalue weighted by atomic mass is 32.2. The number of hydrogen-bond donors (Lipinski definition) is 1. The van der Waals surface area contributed by atoms with E-state index < -0.39 is 5.25 Å². The van der Waals surface area contributed by atoms with Gasteiger partial charge in [0, 0.05) is 13.1 Å². The van der Waals surface area contributed by atoms with Gasteiger partial charge in [-0.25, -0.2) is 0 Å². The molecule has 2 aromatic rings. The summed E-state index contributed by atoms with van der Waals surface area (Å²) in [5, 5.41) is 2.58. The molecule has 0 radical (unpaired) electrons. The second-order valence-electron chi connectivity index (χ2n) is 6.04. The van der Waals surface area contributed by atoms with Crippen molar-refractivity contribution in [2.75, 3.05) is 25.5 Å². The van der Waals surface area contributed by atoms with Crippen molar-refractivity contribution in [2.45, 2.75) is 26.0 Å². The van der Waals surface area contributed by atoms with Crippen LogP contribution in [0, 0.1) is 6.92 Å². The fourth-order valence-electron chi connectivity index (χ4n) is 2.68. The van der Waals surface area contributed by atoms with Crippen molar-refractivity contribution in [1.82, 2.24) is 4.90 Å². The number of aryl methyl sites for hydroxylation is 1. The summed E-state index contributed by atoms with van der Waals surface area (Å²) < 4.78 is 6.11. The van der Waals surface area contributed by atoms with Crippen LogP contribution in [0.15, 0.2) is 48.5 Å². The summed E-state index contributed by atoms with van der Waals surface area (Å²) in [5.41, 5.74) is 2.63. The molecule has 6 heteroatoms. The maximum absolute atomic E-state index is 13.2. The average Bonchev–Trinajstić information content (AvgIpc) is 2.68. The number of ether oxygens (including phenoxy) is 1. The number of nitrogens with one attached hydrogen (secondary N) is 1. The van der Waals surface area contributed by atoms with Crippen molar-refractivity contribution in [3.8, 4) is 5.75 Å². The van der Waals surface area contributed by atoms with Gasteiger partial charge in [-0.15, -0.1) is 0 Å². The first-order valence-electron chi connectivity index (χ1n) is 8.96. The predicted octanol–water partition coefficient (Wildman–Crippen LogP) is 5.04. The molecule has 2 aromatic carbocycles. The van der Waals surface area contributed by atoms with Crippen LogP contribution in [-0.2, 0) is 4.79 Å². The molecule has 0 saturated heterocycles. The maximum atomic E-state index is 13.2. The van der Waals surface area contributed by atoms with E-state index in [1.165, 1.54) is 11.8 Å². The molecule has 0 aliphatic rings. The number of anilines is 1. The van der Waals surface area contributed by atoms with Gasteiger partial charge in [-0.1, -0.05) is 60.4 Å². The first-order chi connectivity index (χ1) is 13.0. The molecule has 1 amide bonds. The largest absolute Gasteiger partial charge is 0.495 e. The van der Waals surface area contributed by atoms with Gasteiger partial charge in [0.15, 0.2) is 0 Å². The van der Waals surface area contributed by atoms with Gasteiger partial charge < -0.3 is 15.0 Å². The summed E-state index contributed by atoms with van der Waals surface area (Å²) in [6.45, 7) is 7.74. The van der Waals surface area contributed by atoms with Crippen molar-refractivity contribution in [3.63, 3.8) is 0 Å². The molecule has 0 aromatic heterocycles. The molecule has 2 rings (SSSR count). The van der Waals surface area contributed by atoms with Crippen molar-refractivity contribution in [1.29, 1.82) is 0 Å². The topological polar surface area (TPSA) is 41.6 Å². The lowest BCUT2D eigenvalue weighted by atomic mass is 10.1. The van der Waals surface area contributed by atoms with Crippen LogP contribution in [0.25, 0.3) is 0 Å². The van der Waals surface area contributed by atoms with Crippen LogP contribution in [-0.4, -0.2) is 35.3 Å². The number of carbonyl (C=O) groups is 1. The molecule has 1 N–H and O–H groups in total. The van der Waals surface area contributed by atoms with Crippen LogP contribution >= 0.6 is 24.0 Å². The summed E-state index contributed by atoms with van der Waals surface area (Å²) in [5.74, 6) is 0.515. The maximum Gasteiger partial charge on any atom is 0.242 e. The van der Waals surface area contributed by atoms with Crippen molar-refractivity contribution < 1.29 is 9.53 Å². The molecule has 144 valence electrons. The third kappa shape index (κ3) is 5.71. The molecule has 0 bridgehead atoms. The van der Waals surface area contributed by atoms with Crippen molar-refractivity contribution in [2.24, 2.45) is 0 Å². The second-order valence-corrected chi connectivity index (χ2v) is 7.78. The number of rotatable bonds is 7. The zero-order chi connectivity index (χ0) is 19.8. The average molecular weight is 403 g/mol. The lowest BCUT2D eigenvalue weighted by Gasteiger charge is -2.25. The van der Waals surface area contributed by atoms with Crippen LogP contribution in [0.2, 0.25) is 0 Å². The number of carbonyl (C=O) groups excluding carboxylic acids is 1. The molecule has 0 spiro atoms. The number of hydrogen-bond acceptors (Lipinski definition) is 4. The Labute approximate surface area is 171 Å². The summed E-state index contributed by atoms with van der Waals surface area (Å²) in [6.07, 6.45) is 0. The minimum absolute atomic E-state index is 0.121. The lowest BCUT2D eigenvalue weighted by Crippen LogP contribution is -2.29. The van der Waals surface area contributed by atoms with E-state index in [9.17, 15) is 4.79 Å². The van der Waals surface area contributed by atoms with E-state index in [2.05, 4.69) is 24.1 Å². The third-order valence-electron chi connectivity index (χ3n) is 4.19. The summed E-state index contributed by atoms with van der Waals surface area (Å²) in [4.78, 5) is 15.2. The van der Waals surface area contributed by atoms with Crippen LogP contribution in [0.1, 0.15) is 30.2 Å². The SMILES string of the molecule is CCN(CC)C(=S)S[C@@H](C(=O)Nc1cc(C)ccc1OC)c1ccccc1. The monoisotopic (exact) mass is 402 g/mol. The van der Waals surface area contributed by atoms with Gasteiger partial charge in [-0.3, -0.25) is 4.79 Å². The van der Waals surface area contributed by atoms with Gasteiger partial charge in [-0.2, -0.15) is 0 Å². The highest BCUT2D eigenvalue weighted by molar-refractivity contribution is 8.23. The van der Waals surface area contributed by atoms with Crippen LogP contribution in [0.4, 0.5) is 5.69 Å². The Hall–Kier alpha value is -2.05. The smallest absolute Gasteiger partial charge is 0.242 e. The number of nitrogens with zero attached hydrogens (tertiary/aromatic N) is 1. The molecule has 0 aliphatic heterocycles. The van der Waals surface area contributed by atoms with Crippen LogP contribution in [0.3, 0.4) is 0 Å². The Balaban J connectivity index is 2.29. The quantitative estimate of drug-likeness (QED) is 0.657. The van der Waals surface area contributed by atoms with E-state index in [-0.39, 0.29) is 5.91 Å². The number of methoxy groups -OCH3 is 1. The summed E-state index contributed by atoms with van der Waals surface area (Å²) in [7, 11) is 1.60. The Morgan fingerprint density at radius 3 is 2.44 bits per heavy atom. The van der Waals surface area contributed by atoms with Gasteiger partial charge >= 0.3 is 0 Å². The first kappa shape index (κ1) is 21.3. The van der Waals surface area contributed by atoms with Gasteiger partial charge in [0.1, 0.15) is 15.3 Å². The molecule has 4 nitrogen and oxygen atoms in total. The molecule has 27 heavy (non-hydrogen) atoms. The van der Waals surface area contributed by atoms with Crippen molar-refractivity contribution in [3.05, 3.63) is 59.7 Å². The molecule has 1 atom stereocenters. The normalized spacial score (nSPS) is 11.6. The predicted molar refractivity (Wildman–Crippen MR) is 119 cm³/mol. The van der Waals surface area contributed by atoms with Crippen molar-refractivity contribution >= 4 is 39.9 Å². The number of thioether (sulfide) groups is 1. The van der Waals surface area contributed by atoms with E-state index in [0.717, 1.165) is 28.5 Å². The Kier molecular flexibility index (Phi) is 8.13. The lowest BCUT2D eigenvalue weighted by molar-refractivity contribution is -0.115. The minimum Gasteiger partial charge on any atom is -0.495 e. The number of amides is 1. The van der Waals surface area contributed by atoms with Gasteiger partial charge in [0.2, 0.25) is 5.91 Å². The standard InChI is InChI=1S/C21H26N2O2S2/c1-5-23(6-2)21(26)27-19(16-10-8-7-9-11-16)20(24)22-17-14-15(3)12-13-18(17)25-4/h7-14,19H,5-6H2,1-4H3,(H,22,24)/t19-/m1/s1. The molecule has 0 unspecified atom stereocenters. The Morgan fingerprint density at radius 1 is 1.19 bits per heavy atom. The fraction of sp³-hybridized carbons (Fsp3) is 0.333. The highest BCUT2D eigenvalue weighted by Crippen LogP contribution is 2.34. The van der Waals surface area contributed by atoms with Gasteiger partial charge in [0.05, 0.1) is 12.8 Å². The number of benzene rings is 2.